The molecule has 0 spiro atoms. The molecule has 0 aliphatic carbocycles. The van der Waals surface area contributed by atoms with E-state index in [4.69, 9.17) is 0 Å². The SMILES string of the molecule is CC(C)(C)N=C=O.CCCCCCCC. The second-order valence-corrected chi connectivity index (χ2v) is 4.79. The van der Waals surface area contributed by atoms with Crippen molar-refractivity contribution in [2.75, 3.05) is 0 Å². The summed E-state index contributed by atoms with van der Waals surface area (Å²) in [6.07, 6.45) is 9.97. The molecule has 0 aliphatic heterocycles. The van der Waals surface area contributed by atoms with E-state index in [2.05, 4.69) is 18.8 Å². The standard InChI is InChI=1S/C8H18.C5H9NO/c1-3-5-7-8-6-4-2;1-5(2,3)6-4-7/h3-8H2,1-2H3;1-3H3. The van der Waals surface area contributed by atoms with Crippen LogP contribution in [0, 0.1) is 0 Å². The zero-order chi connectivity index (χ0) is 12.2. The number of rotatable bonds is 5. The van der Waals surface area contributed by atoms with Crippen molar-refractivity contribution in [3.63, 3.8) is 0 Å². The molecular formula is C13H27NO. The molecule has 0 atom stereocenters. The van der Waals surface area contributed by atoms with E-state index < -0.39 is 0 Å². The number of aliphatic imine (C=N–C) groups is 1. The second-order valence-electron chi connectivity index (χ2n) is 4.79. The van der Waals surface area contributed by atoms with Crippen LogP contribution in [0.1, 0.15) is 73.1 Å². The van der Waals surface area contributed by atoms with Gasteiger partial charge in [0.05, 0.1) is 5.54 Å². The van der Waals surface area contributed by atoms with Gasteiger partial charge in [0.15, 0.2) is 0 Å². The van der Waals surface area contributed by atoms with Gasteiger partial charge in [-0.05, 0) is 20.8 Å². The first kappa shape index (κ1) is 16.8. The van der Waals surface area contributed by atoms with Crippen molar-refractivity contribution >= 4 is 6.08 Å². The third-order valence-electron chi connectivity index (χ3n) is 1.84. The maximum absolute atomic E-state index is 9.53. The molecule has 0 heterocycles. The summed E-state index contributed by atoms with van der Waals surface area (Å²) >= 11 is 0. The molecule has 0 N–H and O–H groups in total. The van der Waals surface area contributed by atoms with E-state index in [1.165, 1.54) is 44.6 Å². The molecule has 90 valence electrons. The van der Waals surface area contributed by atoms with Crippen LogP contribution in [0.3, 0.4) is 0 Å². The van der Waals surface area contributed by atoms with E-state index in [0.29, 0.717) is 0 Å². The van der Waals surface area contributed by atoms with Gasteiger partial charge in [-0.2, -0.15) is 0 Å². The Morgan fingerprint density at radius 2 is 1.33 bits per heavy atom. The summed E-state index contributed by atoms with van der Waals surface area (Å²) in [6.45, 7) is 10.0. The van der Waals surface area contributed by atoms with Crippen molar-refractivity contribution in [1.29, 1.82) is 0 Å². The quantitative estimate of drug-likeness (QED) is 0.376. The number of nitrogens with zero attached hydrogens (tertiary/aromatic N) is 1. The van der Waals surface area contributed by atoms with E-state index in [1.54, 1.807) is 0 Å². The molecule has 2 nitrogen and oxygen atoms in total. The maximum Gasteiger partial charge on any atom is 0.235 e. The van der Waals surface area contributed by atoms with Crippen molar-refractivity contribution in [3.05, 3.63) is 0 Å². The fraction of sp³-hybridized carbons (Fsp3) is 0.923. The van der Waals surface area contributed by atoms with Crippen LogP contribution in [0.25, 0.3) is 0 Å². The van der Waals surface area contributed by atoms with Gasteiger partial charge in [0.2, 0.25) is 6.08 Å². The van der Waals surface area contributed by atoms with Gasteiger partial charge in [0.1, 0.15) is 0 Å². The van der Waals surface area contributed by atoms with Crippen LogP contribution in [-0.4, -0.2) is 11.6 Å². The lowest BCUT2D eigenvalue weighted by atomic mass is 10.1. The van der Waals surface area contributed by atoms with Crippen molar-refractivity contribution in [2.24, 2.45) is 4.99 Å². The van der Waals surface area contributed by atoms with Gasteiger partial charge < -0.3 is 0 Å². The van der Waals surface area contributed by atoms with Gasteiger partial charge in [-0.1, -0.05) is 52.4 Å². The van der Waals surface area contributed by atoms with Gasteiger partial charge in [-0.15, -0.1) is 0 Å². The fourth-order valence-corrected chi connectivity index (χ4v) is 0.990. The Balaban J connectivity index is 0. The first-order chi connectivity index (χ1) is 6.97. The Kier molecular flexibility index (Phi) is 12.8. The summed E-state index contributed by atoms with van der Waals surface area (Å²) in [7, 11) is 0. The Labute approximate surface area is 95.2 Å². The number of unbranched alkanes of at least 4 members (excludes halogenated alkanes) is 5. The minimum absolute atomic E-state index is 0.248. The van der Waals surface area contributed by atoms with E-state index in [0.717, 1.165) is 0 Å². The van der Waals surface area contributed by atoms with Crippen LogP contribution >= 0.6 is 0 Å². The summed E-state index contributed by atoms with van der Waals surface area (Å²) in [5, 5.41) is 0. The fourth-order valence-electron chi connectivity index (χ4n) is 0.990. The summed E-state index contributed by atoms with van der Waals surface area (Å²) < 4.78 is 0. The zero-order valence-electron chi connectivity index (χ0n) is 11.1. The van der Waals surface area contributed by atoms with Crippen LogP contribution < -0.4 is 0 Å². The Morgan fingerprint density at radius 1 is 0.933 bits per heavy atom. The average molecular weight is 213 g/mol. The van der Waals surface area contributed by atoms with Crippen molar-refractivity contribution in [3.8, 4) is 0 Å². The molecule has 0 saturated carbocycles. The van der Waals surface area contributed by atoms with Gasteiger partial charge in [-0.3, -0.25) is 0 Å². The van der Waals surface area contributed by atoms with Crippen LogP contribution in [-0.2, 0) is 4.79 Å². The number of hydrogen-bond acceptors (Lipinski definition) is 2. The average Bonchev–Trinajstić information content (AvgIpc) is 2.12. The third-order valence-corrected chi connectivity index (χ3v) is 1.84. The highest BCUT2D eigenvalue weighted by atomic mass is 16.1. The second kappa shape index (κ2) is 11.5. The smallest absolute Gasteiger partial charge is 0.211 e. The van der Waals surface area contributed by atoms with E-state index >= 15 is 0 Å². The molecule has 0 aliphatic rings. The number of hydrogen-bond donors (Lipinski definition) is 0. The molecule has 15 heavy (non-hydrogen) atoms. The molecule has 0 aromatic carbocycles. The van der Waals surface area contributed by atoms with Crippen LogP contribution in [0.2, 0.25) is 0 Å². The summed E-state index contributed by atoms with van der Waals surface area (Å²) in [5.41, 5.74) is -0.248. The third kappa shape index (κ3) is 24.7. The molecule has 0 saturated heterocycles. The molecule has 0 fully saturated rings. The minimum atomic E-state index is -0.248. The summed E-state index contributed by atoms with van der Waals surface area (Å²) in [6, 6.07) is 0. The van der Waals surface area contributed by atoms with Gasteiger partial charge in [-0.25, -0.2) is 9.79 Å². The highest BCUT2D eigenvalue weighted by molar-refractivity contribution is 5.34. The molecule has 0 unspecified atom stereocenters. The number of isocyanates is 1. The van der Waals surface area contributed by atoms with Gasteiger partial charge >= 0.3 is 0 Å². The monoisotopic (exact) mass is 213 g/mol. The number of carbonyl (C=O) groups excluding carboxylic acids is 1. The lowest BCUT2D eigenvalue weighted by molar-refractivity contribution is 0.535. The zero-order valence-corrected chi connectivity index (χ0v) is 11.1. The van der Waals surface area contributed by atoms with Gasteiger partial charge in [0.25, 0.3) is 0 Å². The highest BCUT2D eigenvalue weighted by Gasteiger charge is 2.04. The molecule has 0 radical (unpaired) electrons. The summed E-state index contributed by atoms with van der Waals surface area (Å²) in [4.78, 5) is 13.0. The van der Waals surface area contributed by atoms with Gasteiger partial charge in [0, 0.05) is 0 Å². The first-order valence-corrected chi connectivity index (χ1v) is 6.07. The Bertz CT molecular complexity index is 158. The molecule has 0 aromatic rings. The van der Waals surface area contributed by atoms with Crippen LogP contribution in [0.5, 0.6) is 0 Å². The molecule has 0 bridgehead atoms. The van der Waals surface area contributed by atoms with Crippen LogP contribution in [0.15, 0.2) is 4.99 Å². The minimum Gasteiger partial charge on any atom is -0.211 e. The van der Waals surface area contributed by atoms with Crippen molar-refractivity contribution in [2.45, 2.75) is 78.7 Å². The molecule has 2 heteroatoms. The van der Waals surface area contributed by atoms with Crippen molar-refractivity contribution in [1.82, 2.24) is 0 Å². The molecular weight excluding hydrogens is 186 g/mol. The largest absolute Gasteiger partial charge is 0.235 e. The highest BCUT2D eigenvalue weighted by Crippen LogP contribution is 2.03. The molecule has 0 rings (SSSR count). The first-order valence-electron chi connectivity index (χ1n) is 6.07. The Morgan fingerprint density at radius 3 is 1.47 bits per heavy atom. The normalized spacial score (nSPS) is 9.93. The maximum atomic E-state index is 9.53. The topological polar surface area (TPSA) is 29.4 Å². The molecule has 0 amide bonds. The molecule has 0 aromatic heterocycles. The predicted octanol–water partition coefficient (Wildman–Crippen LogP) is 4.49. The Hall–Kier alpha value is -0.620. The van der Waals surface area contributed by atoms with E-state index in [9.17, 15) is 4.79 Å². The van der Waals surface area contributed by atoms with E-state index in [1.807, 2.05) is 20.8 Å². The lowest BCUT2D eigenvalue weighted by Crippen LogP contribution is -2.07. The predicted molar refractivity (Wildman–Crippen MR) is 66.9 cm³/mol. The van der Waals surface area contributed by atoms with Crippen molar-refractivity contribution < 1.29 is 4.79 Å². The summed E-state index contributed by atoms with van der Waals surface area (Å²) in [5.74, 6) is 0. The van der Waals surface area contributed by atoms with E-state index in [-0.39, 0.29) is 5.54 Å². The lowest BCUT2D eigenvalue weighted by Gasteiger charge is -2.05. The van der Waals surface area contributed by atoms with Crippen LogP contribution in [0.4, 0.5) is 0 Å².